The molecule has 2 aromatic rings. The predicted octanol–water partition coefficient (Wildman–Crippen LogP) is 1.79. The standard InChI is InChI=1S/C11H10N4/c1-13-11-6-7-15(14-11)10-5-3-2-4-9(10)8-12/h2-7H,1H3,(H,13,14). The smallest absolute Gasteiger partial charge is 0.148 e. The van der Waals surface area contributed by atoms with Crippen LogP contribution in [0.15, 0.2) is 36.5 Å². The Kier molecular flexibility index (Phi) is 2.38. The van der Waals surface area contributed by atoms with Crippen molar-refractivity contribution in [3.8, 4) is 11.8 Å². The third-order valence-electron chi connectivity index (χ3n) is 2.12. The first-order valence-corrected chi connectivity index (χ1v) is 4.58. The lowest BCUT2D eigenvalue weighted by atomic mass is 10.2. The first-order chi connectivity index (χ1) is 7.35. The van der Waals surface area contributed by atoms with Gasteiger partial charge in [-0.1, -0.05) is 12.1 Å². The average Bonchev–Trinajstić information content (AvgIpc) is 2.77. The van der Waals surface area contributed by atoms with Gasteiger partial charge in [-0.05, 0) is 12.1 Å². The van der Waals surface area contributed by atoms with Gasteiger partial charge in [-0.15, -0.1) is 0 Å². The molecule has 1 heterocycles. The van der Waals surface area contributed by atoms with Crippen molar-refractivity contribution in [1.29, 1.82) is 5.26 Å². The highest BCUT2D eigenvalue weighted by Gasteiger charge is 2.04. The maximum atomic E-state index is 8.94. The zero-order chi connectivity index (χ0) is 10.7. The second-order valence-corrected chi connectivity index (χ2v) is 3.02. The molecule has 0 fully saturated rings. The summed E-state index contributed by atoms with van der Waals surface area (Å²) in [6, 6.07) is 11.4. The lowest BCUT2D eigenvalue weighted by Gasteiger charge is -2.02. The molecule has 2 rings (SSSR count). The fourth-order valence-electron chi connectivity index (χ4n) is 1.36. The number of nitrogens with one attached hydrogen (secondary N) is 1. The molecule has 4 nitrogen and oxygen atoms in total. The zero-order valence-corrected chi connectivity index (χ0v) is 8.31. The van der Waals surface area contributed by atoms with Gasteiger partial charge in [-0.3, -0.25) is 0 Å². The summed E-state index contributed by atoms with van der Waals surface area (Å²) in [5.74, 6) is 0.780. The molecule has 74 valence electrons. The molecule has 0 radical (unpaired) electrons. The van der Waals surface area contributed by atoms with Crippen molar-refractivity contribution in [2.24, 2.45) is 0 Å². The van der Waals surface area contributed by atoms with Gasteiger partial charge in [0.15, 0.2) is 0 Å². The van der Waals surface area contributed by atoms with Gasteiger partial charge in [-0.2, -0.15) is 10.4 Å². The van der Waals surface area contributed by atoms with Crippen LogP contribution in [0, 0.1) is 11.3 Å². The van der Waals surface area contributed by atoms with Gasteiger partial charge in [0, 0.05) is 19.3 Å². The van der Waals surface area contributed by atoms with Gasteiger partial charge in [0.25, 0.3) is 0 Å². The minimum absolute atomic E-state index is 0.614. The molecule has 0 aliphatic heterocycles. The van der Waals surface area contributed by atoms with Gasteiger partial charge in [0.05, 0.1) is 11.3 Å². The molecule has 0 saturated carbocycles. The summed E-state index contributed by atoms with van der Waals surface area (Å²) in [6.45, 7) is 0. The van der Waals surface area contributed by atoms with Crippen molar-refractivity contribution in [2.75, 3.05) is 12.4 Å². The fraction of sp³-hybridized carbons (Fsp3) is 0.0909. The zero-order valence-electron chi connectivity index (χ0n) is 8.31. The maximum Gasteiger partial charge on any atom is 0.148 e. The lowest BCUT2D eigenvalue weighted by Crippen LogP contribution is -1.99. The molecule has 0 bridgehead atoms. The van der Waals surface area contributed by atoms with Crippen molar-refractivity contribution in [2.45, 2.75) is 0 Å². The maximum absolute atomic E-state index is 8.94. The Morgan fingerprint density at radius 2 is 2.13 bits per heavy atom. The van der Waals surface area contributed by atoms with Crippen molar-refractivity contribution < 1.29 is 0 Å². The third-order valence-corrected chi connectivity index (χ3v) is 2.12. The van der Waals surface area contributed by atoms with Gasteiger partial charge in [-0.25, -0.2) is 4.68 Å². The molecule has 15 heavy (non-hydrogen) atoms. The lowest BCUT2D eigenvalue weighted by molar-refractivity contribution is 0.880. The van der Waals surface area contributed by atoms with Crippen LogP contribution in [0.1, 0.15) is 5.56 Å². The third kappa shape index (κ3) is 1.67. The number of anilines is 1. The van der Waals surface area contributed by atoms with Gasteiger partial charge < -0.3 is 5.32 Å². The number of nitrogens with zero attached hydrogens (tertiary/aromatic N) is 3. The van der Waals surface area contributed by atoms with Gasteiger partial charge in [0.1, 0.15) is 11.9 Å². The Hall–Kier alpha value is -2.28. The van der Waals surface area contributed by atoms with Gasteiger partial charge >= 0.3 is 0 Å². The second-order valence-electron chi connectivity index (χ2n) is 3.02. The first kappa shape index (κ1) is 9.28. The SMILES string of the molecule is CNc1ccn(-c2ccccc2C#N)n1. The molecule has 4 heteroatoms. The summed E-state index contributed by atoms with van der Waals surface area (Å²) in [5.41, 5.74) is 1.41. The van der Waals surface area contributed by atoms with Gasteiger partial charge in [0.2, 0.25) is 0 Å². The van der Waals surface area contributed by atoms with E-state index >= 15 is 0 Å². The van der Waals surface area contributed by atoms with Crippen molar-refractivity contribution >= 4 is 5.82 Å². The minimum atomic E-state index is 0.614. The van der Waals surface area contributed by atoms with E-state index in [1.165, 1.54) is 0 Å². The van der Waals surface area contributed by atoms with E-state index in [1.807, 2.05) is 37.5 Å². The summed E-state index contributed by atoms with van der Waals surface area (Å²) in [4.78, 5) is 0. The van der Waals surface area contributed by atoms with E-state index in [1.54, 1.807) is 10.7 Å². The van der Waals surface area contributed by atoms with E-state index in [0.29, 0.717) is 5.56 Å². The molecule has 1 aromatic heterocycles. The molecule has 0 saturated heterocycles. The topological polar surface area (TPSA) is 53.6 Å². The number of rotatable bonds is 2. The summed E-state index contributed by atoms with van der Waals surface area (Å²) in [6.07, 6.45) is 1.82. The molecule has 0 spiro atoms. The highest BCUT2D eigenvalue weighted by molar-refractivity contribution is 5.49. The van der Waals surface area contributed by atoms with E-state index < -0.39 is 0 Å². The van der Waals surface area contributed by atoms with E-state index in [2.05, 4.69) is 16.5 Å². The molecule has 0 atom stereocenters. The van der Waals surface area contributed by atoms with E-state index in [9.17, 15) is 0 Å². The molecule has 0 aliphatic carbocycles. The van der Waals surface area contributed by atoms with Crippen LogP contribution >= 0.6 is 0 Å². The Labute approximate surface area is 87.8 Å². The highest BCUT2D eigenvalue weighted by Crippen LogP contribution is 2.14. The molecule has 0 aliphatic rings. The van der Waals surface area contributed by atoms with Crippen LogP contribution in [0.2, 0.25) is 0 Å². The fourth-order valence-corrected chi connectivity index (χ4v) is 1.36. The van der Waals surface area contributed by atoms with Crippen molar-refractivity contribution in [1.82, 2.24) is 9.78 Å². The van der Waals surface area contributed by atoms with Crippen LogP contribution in [-0.2, 0) is 0 Å². The van der Waals surface area contributed by atoms with Crippen LogP contribution in [0.3, 0.4) is 0 Å². The Bertz CT molecular complexity index is 507. The largest absolute Gasteiger partial charge is 0.372 e. The number of benzene rings is 1. The van der Waals surface area contributed by atoms with Crippen LogP contribution in [0.25, 0.3) is 5.69 Å². The Morgan fingerprint density at radius 1 is 1.33 bits per heavy atom. The molecule has 0 amide bonds. The number of aromatic nitrogens is 2. The quantitative estimate of drug-likeness (QED) is 0.800. The summed E-state index contributed by atoms with van der Waals surface area (Å²) >= 11 is 0. The molecule has 1 N–H and O–H groups in total. The summed E-state index contributed by atoms with van der Waals surface area (Å²) in [5, 5.41) is 16.1. The second kappa shape index (κ2) is 3.84. The summed E-state index contributed by atoms with van der Waals surface area (Å²) in [7, 11) is 1.81. The monoisotopic (exact) mass is 198 g/mol. The number of para-hydroxylation sites is 1. The molecular weight excluding hydrogens is 188 g/mol. The normalized spacial score (nSPS) is 9.60. The van der Waals surface area contributed by atoms with Crippen LogP contribution in [-0.4, -0.2) is 16.8 Å². The van der Waals surface area contributed by atoms with E-state index in [0.717, 1.165) is 11.5 Å². The number of nitriles is 1. The predicted molar refractivity (Wildman–Crippen MR) is 57.8 cm³/mol. The van der Waals surface area contributed by atoms with E-state index in [-0.39, 0.29) is 0 Å². The highest BCUT2D eigenvalue weighted by atomic mass is 15.3. The summed E-state index contributed by atoms with van der Waals surface area (Å²) < 4.78 is 1.68. The van der Waals surface area contributed by atoms with Crippen LogP contribution < -0.4 is 5.32 Å². The van der Waals surface area contributed by atoms with Crippen molar-refractivity contribution in [3.05, 3.63) is 42.1 Å². The number of hydrogen-bond donors (Lipinski definition) is 1. The van der Waals surface area contributed by atoms with Crippen molar-refractivity contribution in [3.63, 3.8) is 0 Å². The number of hydrogen-bond acceptors (Lipinski definition) is 3. The minimum Gasteiger partial charge on any atom is -0.372 e. The molecule has 0 unspecified atom stereocenters. The molecular formula is C11H10N4. The van der Waals surface area contributed by atoms with Crippen LogP contribution in [0.4, 0.5) is 5.82 Å². The molecule has 1 aromatic carbocycles. The Morgan fingerprint density at radius 3 is 2.80 bits per heavy atom. The van der Waals surface area contributed by atoms with E-state index in [4.69, 9.17) is 5.26 Å². The first-order valence-electron chi connectivity index (χ1n) is 4.58. The average molecular weight is 198 g/mol. The Balaban J connectivity index is 2.49. The van der Waals surface area contributed by atoms with Crippen LogP contribution in [0.5, 0.6) is 0 Å².